The van der Waals surface area contributed by atoms with Crippen LogP contribution in [0.4, 0.5) is 13.6 Å². The fourth-order valence-electron chi connectivity index (χ4n) is 4.87. The number of hydrogen-bond donors (Lipinski definition) is 3. The highest BCUT2D eigenvalue weighted by molar-refractivity contribution is 5.69. The number of rotatable bonds is 22. The summed E-state index contributed by atoms with van der Waals surface area (Å²) in [4.78, 5) is 38.2. The van der Waals surface area contributed by atoms with Gasteiger partial charge in [-0.1, -0.05) is 42.8 Å². The number of para-hydroxylation sites is 1. The minimum Gasteiger partial charge on any atom is -0.487 e. The second-order valence-corrected chi connectivity index (χ2v) is 11.3. The third-order valence-electron chi connectivity index (χ3n) is 7.31. The van der Waals surface area contributed by atoms with E-state index in [0.29, 0.717) is 44.3 Å². The predicted octanol–water partition coefficient (Wildman–Crippen LogP) is 5.16. The Morgan fingerprint density at radius 1 is 1.07 bits per heavy atom. The van der Waals surface area contributed by atoms with Crippen molar-refractivity contribution in [2.75, 3.05) is 26.4 Å². The quantitative estimate of drug-likeness (QED) is 0.0499. The summed E-state index contributed by atoms with van der Waals surface area (Å²) < 4.78 is 44.2. The van der Waals surface area contributed by atoms with E-state index in [0.717, 1.165) is 12.5 Å². The molecular formula is C32H46F2N2O10. The first-order valence-electron chi connectivity index (χ1n) is 15.6. The number of allylic oxidation sites excluding steroid dienone is 2. The number of ether oxygens (including phenoxy) is 3. The molecule has 258 valence electrons. The minimum atomic E-state index is -3.25. The zero-order valence-corrected chi connectivity index (χ0v) is 26.1. The predicted molar refractivity (Wildman–Crippen MR) is 164 cm³/mol. The van der Waals surface area contributed by atoms with Gasteiger partial charge >= 0.3 is 12.1 Å². The summed E-state index contributed by atoms with van der Waals surface area (Å²) in [6.45, 7) is 1.04. The van der Waals surface area contributed by atoms with Crippen molar-refractivity contribution in [1.29, 1.82) is 0 Å². The topological polar surface area (TPSA) is 167 Å². The van der Waals surface area contributed by atoms with Gasteiger partial charge < -0.3 is 34.6 Å². The average Bonchev–Trinajstić information content (AvgIpc) is 3.28. The van der Waals surface area contributed by atoms with Crippen molar-refractivity contribution in [2.24, 2.45) is 11.8 Å². The Balaban J connectivity index is 1.59. The first-order chi connectivity index (χ1) is 22.0. The summed E-state index contributed by atoms with van der Waals surface area (Å²) in [6, 6.07) is 7.83. The van der Waals surface area contributed by atoms with Gasteiger partial charge in [-0.25, -0.2) is 4.79 Å². The number of hydrogen-bond acceptors (Lipinski definition) is 10. The molecule has 5 atom stereocenters. The van der Waals surface area contributed by atoms with Crippen molar-refractivity contribution in [2.45, 2.75) is 88.9 Å². The monoisotopic (exact) mass is 656 g/mol. The molecule has 0 unspecified atom stereocenters. The van der Waals surface area contributed by atoms with Crippen LogP contribution in [0, 0.1) is 22.0 Å². The van der Waals surface area contributed by atoms with E-state index >= 15 is 0 Å². The maximum absolute atomic E-state index is 14.4. The summed E-state index contributed by atoms with van der Waals surface area (Å²) in [6.07, 6.45) is 7.53. The first-order valence-corrected chi connectivity index (χ1v) is 15.6. The minimum absolute atomic E-state index is 0.0194. The SMILES string of the molecule is C[C@@H](COC(=O)CCCC=CC[C@@H]1[C@@H](C=CC(F)(F)COc2ccccc2)[C@H](O)C[C@@H]1O)NC(=O)OCCCCCCO[N+](=O)[O-]. The van der Waals surface area contributed by atoms with Crippen LogP contribution >= 0.6 is 0 Å². The molecule has 0 radical (unpaired) electrons. The number of benzene rings is 1. The van der Waals surface area contributed by atoms with Crippen LogP contribution in [-0.2, 0) is 19.1 Å². The van der Waals surface area contributed by atoms with Gasteiger partial charge in [0.2, 0.25) is 0 Å². The van der Waals surface area contributed by atoms with E-state index in [2.05, 4.69) is 10.2 Å². The van der Waals surface area contributed by atoms with Gasteiger partial charge in [0.1, 0.15) is 12.4 Å². The van der Waals surface area contributed by atoms with E-state index in [1.807, 2.05) is 12.2 Å². The van der Waals surface area contributed by atoms with Gasteiger partial charge in [0, 0.05) is 18.8 Å². The lowest BCUT2D eigenvalue weighted by Gasteiger charge is -2.20. The lowest BCUT2D eigenvalue weighted by atomic mass is 9.89. The zero-order valence-electron chi connectivity index (χ0n) is 26.1. The lowest BCUT2D eigenvalue weighted by Crippen LogP contribution is -2.37. The molecule has 14 heteroatoms. The molecule has 1 aromatic carbocycles. The number of alkyl halides is 2. The van der Waals surface area contributed by atoms with Crippen LogP contribution in [-0.4, -0.2) is 78.0 Å². The average molecular weight is 657 g/mol. The van der Waals surface area contributed by atoms with Crippen molar-refractivity contribution < 1.29 is 52.7 Å². The van der Waals surface area contributed by atoms with E-state index in [1.54, 1.807) is 37.3 Å². The third kappa shape index (κ3) is 16.5. The Morgan fingerprint density at radius 2 is 1.78 bits per heavy atom. The number of amides is 1. The van der Waals surface area contributed by atoms with E-state index in [-0.39, 0.29) is 32.7 Å². The van der Waals surface area contributed by atoms with Gasteiger partial charge in [-0.15, -0.1) is 10.1 Å². The summed E-state index contributed by atoms with van der Waals surface area (Å²) >= 11 is 0. The molecule has 1 fully saturated rings. The van der Waals surface area contributed by atoms with Gasteiger partial charge in [-0.3, -0.25) is 4.79 Å². The molecule has 12 nitrogen and oxygen atoms in total. The van der Waals surface area contributed by atoms with Crippen molar-refractivity contribution >= 4 is 12.1 Å². The van der Waals surface area contributed by atoms with Gasteiger partial charge in [0.05, 0.1) is 31.5 Å². The van der Waals surface area contributed by atoms with Gasteiger partial charge in [-0.2, -0.15) is 8.78 Å². The van der Waals surface area contributed by atoms with Crippen LogP contribution in [0.5, 0.6) is 5.75 Å². The highest BCUT2D eigenvalue weighted by Gasteiger charge is 2.40. The number of carbonyl (C=O) groups is 2. The summed E-state index contributed by atoms with van der Waals surface area (Å²) in [5, 5.41) is 32.5. The summed E-state index contributed by atoms with van der Waals surface area (Å²) in [5.74, 6) is -4.41. The molecule has 1 aliphatic rings. The second-order valence-electron chi connectivity index (χ2n) is 11.3. The molecule has 1 aromatic rings. The molecule has 0 heterocycles. The van der Waals surface area contributed by atoms with Gasteiger partial charge in [-0.05, 0) is 69.6 Å². The molecule has 0 aliphatic heterocycles. The molecule has 2 rings (SSSR count). The van der Waals surface area contributed by atoms with Crippen LogP contribution in [0.25, 0.3) is 0 Å². The van der Waals surface area contributed by atoms with E-state index < -0.39 is 59.8 Å². The van der Waals surface area contributed by atoms with Gasteiger partial charge in [0.15, 0.2) is 6.61 Å². The van der Waals surface area contributed by atoms with Crippen molar-refractivity contribution in [3.05, 3.63) is 64.8 Å². The highest BCUT2D eigenvalue weighted by Crippen LogP contribution is 2.37. The van der Waals surface area contributed by atoms with Crippen molar-refractivity contribution in [3.63, 3.8) is 0 Å². The highest BCUT2D eigenvalue weighted by atomic mass is 19.3. The first kappa shape index (κ1) is 38.4. The number of aliphatic hydroxyl groups excluding tert-OH is 2. The standard InChI is InChI=1S/C32H46F2N2O10/c1-24(35-31(40)43-19-11-4-5-12-20-46-36(41)42)22-44-30(39)16-10-3-2-9-15-26-27(29(38)21-28(26)37)17-18-32(33,34)23-45-25-13-7-6-8-14-25/h2,6-9,13-14,17-18,24,26-29,37-38H,3-5,10-12,15-16,19-23H2,1H3,(H,35,40)/t24-,26+,27+,28-,29+/m0/s1. The Labute approximate surface area is 267 Å². The molecule has 0 bridgehead atoms. The molecular weight excluding hydrogens is 610 g/mol. The van der Waals surface area contributed by atoms with E-state index in [1.165, 1.54) is 6.08 Å². The largest absolute Gasteiger partial charge is 0.487 e. The number of halogens is 2. The lowest BCUT2D eigenvalue weighted by molar-refractivity contribution is -0.757. The molecule has 0 saturated heterocycles. The molecule has 1 aliphatic carbocycles. The number of unbranched alkanes of at least 4 members (excludes halogenated alkanes) is 4. The number of esters is 1. The van der Waals surface area contributed by atoms with Gasteiger partial charge in [0.25, 0.3) is 11.0 Å². The third-order valence-corrected chi connectivity index (χ3v) is 7.31. The van der Waals surface area contributed by atoms with E-state index in [9.17, 15) is 38.7 Å². The Bertz CT molecular complexity index is 1110. The van der Waals surface area contributed by atoms with Crippen LogP contribution in [0.3, 0.4) is 0 Å². The number of nitrogens with one attached hydrogen (secondary N) is 1. The summed E-state index contributed by atoms with van der Waals surface area (Å²) in [5.41, 5.74) is 0. The number of alkyl carbamates (subject to hydrolysis) is 1. The molecule has 1 amide bonds. The fraction of sp³-hybridized carbons (Fsp3) is 0.625. The Kier molecular flexibility index (Phi) is 17.6. The molecule has 1 saturated carbocycles. The normalized spacial score (nSPS) is 20.5. The van der Waals surface area contributed by atoms with E-state index in [4.69, 9.17) is 14.2 Å². The van der Waals surface area contributed by atoms with Crippen molar-refractivity contribution in [1.82, 2.24) is 5.32 Å². The Hall–Kier alpha value is -3.78. The van der Waals surface area contributed by atoms with Crippen LogP contribution in [0.1, 0.15) is 64.7 Å². The molecule has 0 aromatic heterocycles. The smallest absolute Gasteiger partial charge is 0.407 e. The number of aliphatic hydroxyl groups is 2. The number of carbonyl (C=O) groups excluding carboxylic acids is 2. The molecule has 3 N–H and O–H groups in total. The second kappa shape index (κ2) is 21.1. The maximum atomic E-state index is 14.4. The summed E-state index contributed by atoms with van der Waals surface area (Å²) in [7, 11) is 0. The number of nitrogens with zero attached hydrogens (tertiary/aromatic N) is 1. The van der Waals surface area contributed by atoms with Crippen LogP contribution in [0.2, 0.25) is 0 Å². The fourth-order valence-corrected chi connectivity index (χ4v) is 4.87. The van der Waals surface area contributed by atoms with Crippen LogP contribution in [0.15, 0.2) is 54.6 Å². The zero-order chi connectivity index (χ0) is 33.8. The Morgan fingerprint density at radius 3 is 2.50 bits per heavy atom. The maximum Gasteiger partial charge on any atom is 0.407 e. The molecule has 46 heavy (non-hydrogen) atoms. The van der Waals surface area contributed by atoms with Crippen molar-refractivity contribution in [3.8, 4) is 5.75 Å². The molecule has 0 spiro atoms. The van der Waals surface area contributed by atoms with Crippen LogP contribution < -0.4 is 10.1 Å².